The molecule has 1 atom stereocenters. The minimum Gasteiger partial charge on any atom is -0.464 e. The lowest BCUT2D eigenvalue weighted by Gasteiger charge is -2.07. The monoisotopic (exact) mass is 232 g/mol. The van der Waals surface area contributed by atoms with E-state index in [4.69, 9.17) is 15.9 Å². The van der Waals surface area contributed by atoms with Crippen molar-refractivity contribution in [3.63, 3.8) is 0 Å². The molecule has 15 heavy (non-hydrogen) atoms. The Morgan fingerprint density at radius 2 is 2.07 bits per heavy atom. The molecule has 0 aliphatic carbocycles. The topological polar surface area (TPSA) is 65.2 Å². The zero-order chi connectivity index (χ0) is 10.4. The number of nitrogens with two attached hydrogens (primary N) is 2. The Hall–Kier alpha value is -0.510. The number of unbranched alkanes of at least 4 members (excludes halogenated alkanes) is 1. The van der Waals surface area contributed by atoms with Gasteiger partial charge in [0.1, 0.15) is 11.5 Å². The lowest BCUT2D eigenvalue weighted by atomic mass is 10.1. The molecule has 0 aliphatic rings. The van der Waals surface area contributed by atoms with Crippen LogP contribution >= 0.6 is 12.4 Å². The zero-order valence-corrected chi connectivity index (χ0v) is 10.1. The van der Waals surface area contributed by atoms with Gasteiger partial charge in [0.15, 0.2) is 0 Å². The standard InChI is InChI=1S/C11H20N2O.ClH/c1-2-9-6-7-11(14-9)10(13)5-3-4-8-12;/h6-7,10H,2-5,8,12-13H2,1H3;1H/t10-;/m0./s1. The van der Waals surface area contributed by atoms with Crippen LogP contribution in [-0.4, -0.2) is 6.54 Å². The Morgan fingerprint density at radius 1 is 1.33 bits per heavy atom. The summed E-state index contributed by atoms with van der Waals surface area (Å²) in [6, 6.07) is 4.01. The van der Waals surface area contributed by atoms with Crippen LogP contribution in [0, 0.1) is 0 Å². The van der Waals surface area contributed by atoms with E-state index in [2.05, 4.69) is 6.92 Å². The summed E-state index contributed by atoms with van der Waals surface area (Å²) in [7, 11) is 0. The van der Waals surface area contributed by atoms with Crippen molar-refractivity contribution in [2.75, 3.05) is 6.54 Å². The second-order valence-electron chi connectivity index (χ2n) is 3.55. The van der Waals surface area contributed by atoms with Crippen LogP contribution in [0.15, 0.2) is 16.5 Å². The lowest BCUT2D eigenvalue weighted by molar-refractivity contribution is 0.419. The number of hydrogen-bond acceptors (Lipinski definition) is 3. The molecule has 1 rings (SSSR count). The molecule has 0 fully saturated rings. The molecular formula is C11H21ClN2O. The van der Waals surface area contributed by atoms with E-state index in [-0.39, 0.29) is 18.4 Å². The maximum absolute atomic E-state index is 5.97. The first-order valence-electron chi connectivity index (χ1n) is 5.32. The largest absolute Gasteiger partial charge is 0.464 e. The number of halogens is 1. The Bertz CT molecular complexity index is 263. The lowest BCUT2D eigenvalue weighted by Crippen LogP contribution is -2.10. The van der Waals surface area contributed by atoms with Crippen LogP contribution in [0.25, 0.3) is 0 Å². The van der Waals surface area contributed by atoms with Gasteiger partial charge in [-0.2, -0.15) is 0 Å². The number of furan rings is 1. The number of aryl methyl sites for hydroxylation is 1. The molecule has 0 amide bonds. The van der Waals surface area contributed by atoms with Crippen LogP contribution in [0.3, 0.4) is 0 Å². The van der Waals surface area contributed by atoms with Gasteiger partial charge in [-0.15, -0.1) is 12.4 Å². The van der Waals surface area contributed by atoms with Gasteiger partial charge in [-0.1, -0.05) is 13.3 Å². The molecule has 0 bridgehead atoms. The number of rotatable bonds is 6. The van der Waals surface area contributed by atoms with Crippen molar-refractivity contribution < 1.29 is 4.42 Å². The van der Waals surface area contributed by atoms with Gasteiger partial charge in [-0.05, 0) is 31.5 Å². The highest BCUT2D eigenvalue weighted by atomic mass is 35.5. The summed E-state index contributed by atoms with van der Waals surface area (Å²) in [5.41, 5.74) is 11.4. The zero-order valence-electron chi connectivity index (χ0n) is 9.24. The van der Waals surface area contributed by atoms with E-state index in [1.165, 1.54) is 0 Å². The average molecular weight is 233 g/mol. The first kappa shape index (κ1) is 14.5. The maximum Gasteiger partial charge on any atom is 0.120 e. The van der Waals surface area contributed by atoms with E-state index >= 15 is 0 Å². The highest BCUT2D eigenvalue weighted by Crippen LogP contribution is 2.19. The highest BCUT2D eigenvalue weighted by molar-refractivity contribution is 5.85. The van der Waals surface area contributed by atoms with Gasteiger partial charge < -0.3 is 15.9 Å². The summed E-state index contributed by atoms with van der Waals surface area (Å²) in [4.78, 5) is 0. The fourth-order valence-corrected chi connectivity index (χ4v) is 1.43. The molecule has 1 heterocycles. The quantitative estimate of drug-likeness (QED) is 0.741. The third-order valence-corrected chi connectivity index (χ3v) is 2.37. The Kier molecular flexibility index (Phi) is 7.48. The van der Waals surface area contributed by atoms with E-state index in [9.17, 15) is 0 Å². The molecule has 4 heteroatoms. The van der Waals surface area contributed by atoms with E-state index in [1.807, 2.05) is 12.1 Å². The van der Waals surface area contributed by atoms with Crippen LogP contribution in [-0.2, 0) is 6.42 Å². The van der Waals surface area contributed by atoms with Crippen LogP contribution < -0.4 is 11.5 Å². The van der Waals surface area contributed by atoms with E-state index in [1.54, 1.807) is 0 Å². The van der Waals surface area contributed by atoms with E-state index < -0.39 is 0 Å². The molecule has 1 aromatic rings. The fourth-order valence-electron chi connectivity index (χ4n) is 1.43. The van der Waals surface area contributed by atoms with Crippen LogP contribution in [0.1, 0.15) is 43.7 Å². The molecule has 0 saturated heterocycles. The summed E-state index contributed by atoms with van der Waals surface area (Å²) < 4.78 is 5.57. The van der Waals surface area contributed by atoms with Crippen LogP contribution in [0.2, 0.25) is 0 Å². The molecule has 0 unspecified atom stereocenters. The van der Waals surface area contributed by atoms with Gasteiger partial charge in [-0.25, -0.2) is 0 Å². The van der Waals surface area contributed by atoms with Gasteiger partial charge in [0.25, 0.3) is 0 Å². The second kappa shape index (κ2) is 7.74. The summed E-state index contributed by atoms with van der Waals surface area (Å²) in [5, 5.41) is 0. The smallest absolute Gasteiger partial charge is 0.120 e. The summed E-state index contributed by atoms with van der Waals surface area (Å²) in [6.45, 7) is 2.81. The molecule has 1 aromatic heterocycles. The van der Waals surface area contributed by atoms with Crippen molar-refractivity contribution >= 4 is 12.4 Å². The normalized spacial score (nSPS) is 12.2. The molecule has 0 spiro atoms. The predicted molar refractivity (Wildman–Crippen MR) is 65.2 cm³/mol. The van der Waals surface area contributed by atoms with Crippen molar-refractivity contribution in [3.8, 4) is 0 Å². The SMILES string of the molecule is CCc1ccc([C@@H](N)CCCCN)o1.Cl. The minimum absolute atomic E-state index is 0. The molecule has 4 N–H and O–H groups in total. The second-order valence-corrected chi connectivity index (χ2v) is 3.55. The maximum atomic E-state index is 5.97. The van der Waals surface area contributed by atoms with Crippen molar-refractivity contribution in [3.05, 3.63) is 23.7 Å². The Morgan fingerprint density at radius 3 is 2.60 bits per heavy atom. The van der Waals surface area contributed by atoms with E-state index in [0.29, 0.717) is 0 Å². The predicted octanol–water partition coefficient (Wildman–Crippen LogP) is 2.39. The Labute approximate surface area is 97.6 Å². The average Bonchev–Trinajstić information content (AvgIpc) is 2.66. The summed E-state index contributed by atoms with van der Waals surface area (Å²) in [5.74, 6) is 1.91. The van der Waals surface area contributed by atoms with Crippen molar-refractivity contribution in [2.45, 2.75) is 38.6 Å². The molecule has 3 nitrogen and oxygen atoms in total. The first-order chi connectivity index (χ1) is 6.77. The van der Waals surface area contributed by atoms with Gasteiger partial charge in [0.2, 0.25) is 0 Å². The van der Waals surface area contributed by atoms with Gasteiger partial charge >= 0.3 is 0 Å². The van der Waals surface area contributed by atoms with Crippen molar-refractivity contribution in [1.82, 2.24) is 0 Å². The van der Waals surface area contributed by atoms with Crippen molar-refractivity contribution in [1.29, 1.82) is 0 Å². The van der Waals surface area contributed by atoms with Crippen LogP contribution in [0.4, 0.5) is 0 Å². The summed E-state index contributed by atoms with van der Waals surface area (Å²) in [6.07, 6.45) is 3.98. The minimum atomic E-state index is 0. The molecule has 0 aromatic carbocycles. The fraction of sp³-hybridized carbons (Fsp3) is 0.636. The van der Waals surface area contributed by atoms with Gasteiger partial charge in [-0.3, -0.25) is 0 Å². The molecular weight excluding hydrogens is 212 g/mol. The van der Waals surface area contributed by atoms with Crippen LogP contribution in [0.5, 0.6) is 0 Å². The van der Waals surface area contributed by atoms with Crippen molar-refractivity contribution in [2.24, 2.45) is 11.5 Å². The van der Waals surface area contributed by atoms with Gasteiger partial charge in [0.05, 0.1) is 6.04 Å². The first-order valence-corrected chi connectivity index (χ1v) is 5.32. The number of hydrogen-bond donors (Lipinski definition) is 2. The van der Waals surface area contributed by atoms with E-state index in [0.717, 1.165) is 43.7 Å². The highest BCUT2D eigenvalue weighted by Gasteiger charge is 2.09. The Balaban J connectivity index is 0.00000196. The van der Waals surface area contributed by atoms with Gasteiger partial charge in [0, 0.05) is 6.42 Å². The molecule has 0 aliphatic heterocycles. The molecule has 0 saturated carbocycles. The molecule has 88 valence electrons. The third kappa shape index (κ3) is 4.69. The third-order valence-electron chi connectivity index (χ3n) is 2.37. The molecule has 0 radical (unpaired) electrons. The summed E-state index contributed by atoms with van der Waals surface area (Å²) >= 11 is 0.